The highest BCUT2D eigenvalue weighted by molar-refractivity contribution is 5.90. The van der Waals surface area contributed by atoms with E-state index in [2.05, 4.69) is 19.1 Å². The maximum absolute atomic E-state index is 13.2. The quantitative estimate of drug-likeness (QED) is 0.142. The molecular formula is C35H44O6. The zero-order valence-corrected chi connectivity index (χ0v) is 24.2. The van der Waals surface area contributed by atoms with Crippen molar-refractivity contribution in [3.05, 3.63) is 72.3 Å². The molecule has 2 heterocycles. The Bertz CT molecular complexity index is 1140. The molecule has 6 atom stereocenters. The average molecular weight is 561 g/mol. The highest BCUT2D eigenvalue weighted by Gasteiger charge is 2.50. The third-order valence-corrected chi connectivity index (χ3v) is 8.64. The molecule has 0 radical (unpaired) electrons. The SMILES string of the molecule is CCCCCCCC(C=C[C@@H]1[C@H]2CC(=O)O[C@H]2C[C@H]1OC(=O)c1ccc(-c2ccccc2)cc1)OC1CCCCO1. The van der Waals surface area contributed by atoms with Crippen molar-refractivity contribution in [3.63, 3.8) is 0 Å². The van der Waals surface area contributed by atoms with Gasteiger partial charge in [-0.3, -0.25) is 4.79 Å². The van der Waals surface area contributed by atoms with Gasteiger partial charge in [0.25, 0.3) is 0 Å². The number of unbranched alkanes of at least 4 members (excludes halogenated alkanes) is 4. The summed E-state index contributed by atoms with van der Waals surface area (Å²) in [6.07, 6.45) is 14.4. The Hall–Kier alpha value is -2.96. The van der Waals surface area contributed by atoms with Gasteiger partial charge < -0.3 is 18.9 Å². The van der Waals surface area contributed by atoms with E-state index in [0.29, 0.717) is 18.4 Å². The largest absolute Gasteiger partial charge is 0.462 e. The topological polar surface area (TPSA) is 71.1 Å². The van der Waals surface area contributed by atoms with Crippen molar-refractivity contribution in [2.75, 3.05) is 6.61 Å². The number of ether oxygens (including phenoxy) is 4. The number of rotatable bonds is 13. The van der Waals surface area contributed by atoms with Crippen LogP contribution in [0.3, 0.4) is 0 Å². The van der Waals surface area contributed by atoms with Gasteiger partial charge in [-0.05, 0) is 48.9 Å². The van der Waals surface area contributed by atoms with Crippen LogP contribution in [0, 0.1) is 11.8 Å². The molecule has 0 N–H and O–H groups in total. The molecule has 220 valence electrons. The van der Waals surface area contributed by atoms with E-state index in [1.54, 1.807) is 0 Å². The predicted octanol–water partition coefficient (Wildman–Crippen LogP) is 7.66. The maximum Gasteiger partial charge on any atom is 0.338 e. The minimum absolute atomic E-state index is 0.00754. The molecule has 1 aliphatic carbocycles. The van der Waals surface area contributed by atoms with Gasteiger partial charge >= 0.3 is 11.9 Å². The van der Waals surface area contributed by atoms with Crippen LogP contribution in [0.5, 0.6) is 0 Å². The molecule has 0 amide bonds. The molecule has 0 bridgehead atoms. The van der Waals surface area contributed by atoms with E-state index >= 15 is 0 Å². The van der Waals surface area contributed by atoms with Gasteiger partial charge in [-0.1, -0.05) is 93.6 Å². The van der Waals surface area contributed by atoms with E-state index in [-0.39, 0.29) is 48.4 Å². The summed E-state index contributed by atoms with van der Waals surface area (Å²) >= 11 is 0. The van der Waals surface area contributed by atoms with E-state index in [9.17, 15) is 9.59 Å². The van der Waals surface area contributed by atoms with Gasteiger partial charge in [-0.2, -0.15) is 0 Å². The Morgan fingerprint density at radius 3 is 2.54 bits per heavy atom. The highest BCUT2D eigenvalue weighted by Crippen LogP contribution is 2.44. The molecule has 3 fully saturated rings. The second kappa shape index (κ2) is 14.8. The summed E-state index contributed by atoms with van der Waals surface area (Å²) in [4.78, 5) is 25.3. The number of benzene rings is 2. The fraction of sp³-hybridized carbons (Fsp3) is 0.543. The maximum atomic E-state index is 13.2. The van der Waals surface area contributed by atoms with Gasteiger partial charge in [0.1, 0.15) is 12.2 Å². The molecule has 3 aliphatic rings. The van der Waals surface area contributed by atoms with Crippen LogP contribution < -0.4 is 0 Å². The summed E-state index contributed by atoms with van der Waals surface area (Å²) in [6, 6.07) is 17.6. The lowest BCUT2D eigenvalue weighted by Crippen LogP contribution is -2.28. The summed E-state index contributed by atoms with van der Waals surface area (Å²) in [7, 11) is 0. The molecule has 2 aromatic carbocycles. The number of hydrogen-bond donors (Lipinski definition) is 0. The predicted molar refractivity (Wildman–Crippen MR) is 158 cm³/mol. The van der Waals surface area contributed by atoms with Crippen LogP contribution in [0.15, 0.2) is 66.7 Å². The van der Waals surface area contributed by atoms with Crippen molar-refractivity contribution in [1.82, 2.24) is 0 Å². The Balaban J connectivity index is 1.26. The van der Waals surface area contributed by atoms with Crippen molar-refractivity contribution < 1.29 is 28.5 Å². The van der Waals surface area contributed by atoms with Gasteiger partial charge in [0.15, 0.2) is 6.29 Å². The molecule has 5 rings (SSSR count). The van der Waals surface area contributed by atoms with Crippen LogP contribution >= 0.6 is 0 Å². The number of carbonyl (C=O) groups excluding carboxylic acids is 2. The number of fused-ring (bicyclic) bond motifs is 1. The second-order valence-corrected chi connectivity index (χ2v) is 11.7. The fourth-order valence-electron chi connectivity index (χ4n) is 6.35. The number of hydrogen-bond acceptors (Lipinski definition) is 6. The lowest BCUT2D eigenvalue weighted by Gasteiger charge is -2.27. The van der Waals surface area contributed by atoms with Gasteiger partial charge in [-0.25, -0.2) is 4.79 Å². The third kappa shape index (κ3) is 8.08. The van der Waals surface area contributed by atoms with Crippen LogP contribution in [-0.4, -0.2) is 43.1 Å². The molecule has 0 aromatic heterocycles. The van der Waals surface area contributed by atoms with Crippen molar-refractivity contribution >= 4 is 11.9 Å². The number of carbonyl (C=O) groups is 2. The minimum Gasteiger partial charge on any atom is -0.462 e. The number of esters is 2. The molecule has 6 heteroatoms. The summed E-state index contributed by atoms with van der Waals surface area (Å²) in [5.74, 6) is -0.608. The van der Waals surface area contributed by atoms with E-state index in [0.717, 1.165) is 49.8 Å². The molecule has 41 heavy (non-hydrogen) atoms. The van der Waals surface area contributed by atoms with Crippen LogP contribution in [0.4, 0.5) is 0 Å². The Morgan fingerprint density at radius 2 is 1.78 bits per heavy atom. The van der Waals surface area contributed by atoms with Gasteiger partial charge in [0.2, 0.25) is 0 Å². The fourth-order valence-corrected chi connectivity index (χ4v) is 6.35. The van der Waals surface area contributed by atoms with Gasteiger partial charge in [0.05, 0.1) is 18.1 Å². The Morgan fingerprint density at radius 1 is 1.00 bits per heavy atom. The molecule has 2 saturated heterocycles. The first-order chi connectivity index (χ1) is 20.1. The van der Waals surface area contributed by atoms with Crippen LogP contribution in [0.25, 0.3) is 11.1 Å². The van der Waals surface area contributed by atoms with Crippen molar-refractivity contribution in [2.24, 2.45) is 11.8 Å². The van der Waals surface area contributed by atoms with Crippen LogP contribution in [-0.2, 0) is 23.7 Å². The average Bonchev–Trinajstić information content (AvgIpc) is 3.51. The van der Waals surface area contributed by atoms with Crippen LogP contribution in [0.2, 0.25) is 0 Å². The van der Waals surface area contributed by atoms with Crippen molar-refractivity contribution in [1.29, 1.82) is 0 Å². The summed E-state index contributed by atoms with van der Waals surface area (Å²) in [6.45, 7) is 2.97. The third-order valence-electron chi connectivity index (χ3n) is 8.64. The lowest BCUT2D eigenvalue weighted by atomic mass is 9.91. The highest BCUT2D eigenvalue weighted by atomic mass is 16.7. The second-order valence-electron chi connectivity index (χ2n) is 11.7. The van der Waals surface area contributed by atoms with Crippen molar-refractivity contribution in [2.45, 2.75) is 102 Å². The first kappa shape index (κ1) is 29.5. The van der Waals surface area contributed by atoms with E-state index in [1.807, 2.05) is 54.6 Å². The summed E-state index contributed by atoms with van der Waals surface area (Å²) in [5, 5.41) is 0. The minimum atomic E-state index is -0.355. The molecule has 0 spiro atoms. The van der Waals surface area contributed by atoms with Crippen molar-refractivity contribution in [3.8, 4) is 11.1 Å². The van der Waals surface area contributed by atoms with E-state index in [1.165, 1.54) is 25.7 Å². The molecule has 2 unspecified atom stereocenters. The zero-order chi connectivity index (χ0) is 28.4. The molecule has 2 aliphatic heterocycles. The summed E-state index contributed by atoms with van der Waals surface area (Å²) < 4.78 is 24.0. The monoisotopic (exact) mass is 560 g/mol. The normalized spacial score (nSPS) is 26.6. The van der Waals surface area contributed by atoms with E-state index in [4.69, 9.17) is 18.9 Å². The smallest absolute Gasteiger partial charge is 0.338 e. The first-order valence-corrected chi connectivity index (χ1v) is 15.6. The van der Waals surface area contributed by atoms with Crippen LogP contribution in [0.1, 0.15) is 87.9 Å². The summed E-state index contributed by atoms with van der Waals surface area (Å²) in [5.41, 5.74) is 2.67. The first-order valence-electron chi connectivity index (χ1n) is 15.6. The Labute approximate surface area is 244 Å². The van der Waals surface area contributed by atoms with Gasteiger partial charge in [0, 0.05) is 24.9 Å². The molecular weight excluding hydrogens is 516 g/mol. The lowest BCUT2D eigenvalue weighted by molar-refractivity contribution is -0.179. The molecule has 2 aromatic rings. The molecule has 6 nitrogen and oxygen atoms in total. The van der Waals surface area contributed by atoms with Gasteiger partial charge in [-0.15, -0.1) is 0 Å². The molecule has 1 saturated carbocycles. The van der Waals surface area contributed by atoms with E-state index < -0.39 is 0 Å². The standard InChI is InChI=1S/C35H44O6/c1-2-3-4-5-9-14-28(39-34-15-10-11-22-38-34)20-21-29-30-23-33(36)40-32(30)24-31(29)41-35(37)27-18-16-26(17-19-27)25-12-7-6-8-13-25/h6-8,12-13,16-21,28-32,34H,2-5,9-11,14-15,22-24H2,1H3/t28?,29-,30-,31-,32+,34?/m1/s1. The Kier molecular flexibility index (Phi) is 10.7. The zero-order valence-electron chi connectivity index (χ0n) is 24.2.